The quantitative estimate of drug-likeness (QED) is 0.757. The van der Waals surface area contributed by atoms with Gasteiger partial charge in [0.15, 0.2) is 0 Å². The number of hydrogen-bond acceptors (Lipinski definition) is 2. The van der Waals surface area contributed by atoms with Gasteiger partial charge in [0.25, 0.3) is 0 Å². The number of likely N-dealkylation sites (tertiary alicyclic amines) is 1. The number of rotatable bonds is 6. The lowest BCUT2D eigenvalue weighted by Crippen LogP contribution is -2.39. The van der Waals surface area contributed by atoms with Crippen molar-refractivity contribution in [3.8, 4) is 0 Å². The highest BCUT2D eigenvalue weighted by Crippen LogP contribution is 2.31. The Morgan fingerprint density at radius 3 is 2.61 bits per heavy atom. The second-order valence-electron chi connectivity index (χ2n) is 5.50. The number of hydrogen-bond donors (Lipinski definition) is 2. The van der Waals surface area contributed by atoms with E-state index in [1.807, 2.05) is 4.90 Å². The zero-order valence-corrected chi connectivity index (χ0v) is 10.7. The van der Waals surface area contributed by atoms with Crippen molar-refractivity contribution < 1.29 is 14.7 Å². The molecule has 0 spiro atoms. The van der Waals surface area contributed by atoms with Crippen LogP contribution < -0.4 is 5.32 Å². The number of carboxylic acid groups (broad SMARTS) is 1. The predicted molar refractivity (Wildman–Crippen MR) is 67.3 cm³/mol. The molecule has 2 rings (SSSR count). The second kappa shape index (κ2) is 6.07. The van der Waals surface area contributed by atoms with E-state index in [1.165, 1.54) is 12.8 Å². The van der Waals surface area contributed by atoms with Gasteiger partial charge in [-0.25, -0.2) is 4.79 Å². The zero-order chi connectivity index (χ0) is 13.0. The Hall–Kier alpha value is -1.26. The van der Waals surface area contributed by atoms with Crippen LogP contribution in [0.15, 0.2) is 0 Å². The molecule has 2 aliphatic rings. The molecule has 18 heavy (non-hydrogen) atoms. The minimum atomic E-state index is -0.748. The third-order valence-corrected chi connectivity index (χ3v) is 3.87. The third-order valence-electron chi connectivity index (χ3n) is 3.87. The van der Waals surface area contributed by atoms with Gasteiger partial charge in [-0.05, 0) is 31.1 Å². The van der Waals surface area contributed by atoms with Crippen LogP contribution in [0.2, 0.25) is 0 Å². The minimum Gasteiger partial charge on any atom is -0.481 e. The van der Waals surface area contributed by atoms with E-state index in [1.54, 1.807) is 0 Å². The summed E-state index contributed by atoms with van der Waals surface area (Å²) in [7, 11) is 0. The number of nitrogens with one attached hydrogen (secondary N) is 1. The number of carboxylic acids is 1. The average Bonchev–Trinajstić information content (AvgIpc) is 3.03. The Labute approximate surface area is 108 Å². The number of aliphatic carboxylic acids is 1. The maximum atomic E-state index is 11.8. The molecule has 1 aliphatic heterocycles. The lowest BCUT2D eigenvalue weighted by Gasteiger charge is -2.17. The Morgan fingerprint density at radius 2 is 1.94 bits per heavy atom. The van der Waals surface area contributed by atoms with E-state index in [0.717, 1.165) is 31.8 Å². The molecule has 2 fully saturated rings. The number of nitrogens with zero attached hydrogens (tertiary/aromatic N) is 1. The molecule has 1 heterocycles. The molecule has 1 saturated heterocycles. The van der Waals surface area contributed by atoms with Crippen molar-refractivity contribution in [3.63, 3.8) is 0 Å². The summed E-state index contributed by atoms with van der Waals surface area (Å²) in [5.74, 6) is 0.449. The summed E-state index contributed by atoms with van der Waals surface area (Å²) in [5, 5.41) is 11.6. The molecular weight excluding hydrogens is 232 g/mol. The summed E-state index contributed by atoms with van der Waals surface area (Å²) >= 11 is 0. The summed E-state index contributed by atoms with van der Waals surface area (Å²) < 4.78 is 0. The number of urea groups is 1. The third kappa shape index (κ3) is 4.20. The number of amides is 2. The van der Waals surface area contributed by atoms with Crippen LogP contribution in [0.4, 0.5) is 4.79 Å². The summed E-state index contributed by atoms with van der Waals surface area (Å²) in [4.78, 5) is 24.1. The van der Waals surface area contributed by atoms with Gasteiger partial charge in [-0.1, -0.05) is 12.8 Å². The van der Waals surface area contributed by atoms with Crippen molar-refractivity contribution in [2.45, 2.75) is 38.5 Å². The first-order valence-electron chi connectivity index (χ1n) is 6.89. The van der Waals surface area contributed by atoms with E-state index in [2.05, 4.69) is 5.32 Å². The lowest BCUT2D eigenvalue weighted by molar-refractivity contribution is -0.137. The average molecular weight is 254 g/mol. The normalized spacial score (nSPS) is 23.1. The van der Waals surface area contributed by atoms with Gasteiger partial charge in [0.2, 0.25) is 0 Å². The highest BCUT2D eigenvalue weighted by Gasteiger charge is 2.27. The van der Waals surface area contributed by atoms with Crippen LogP contribution in [0.3, 0.4) is 0 Å². The smallest absolute Gasteiger partial charge is 0.317 e. The molecule has 0 aromatic rings. The summed E-state index contributed by atoms with van der Waals surface area (Å²) in [6.45, 7) is 2.25. The van der Waals surface area contributed by atoms with Crippen LogP contribution in [0, 0.1) is 11.8 Å². The van der Waals surface area contributed by atoms with Crippen LogP contribution in [0.5, 0.6) is 0 Å². The molecule has 1 saturated carbocycles. The highest BCUT2D eigenvalue weighted by atomic mass is 16.4. The fourth-order valence-electron chi connectivity index (χ4n) is 2.48. The highest BCUT2D eigenvalue weighted by molar-refractivity contribution is 5.74. The van der Waals surface area contributed by atoms with Gasteiger partial charge in [0, 0.05) is 26.1 Å². The topological polar surface area (TPSA) is 69.6 Å². The van der Waals surface area contributed by atoms with Gasteiger partial charge in [0.1, 0.15) is 0 Å². The molecular formula is C13H22N2O3. The molecule has 1 atom stereocenters. The van der Waals surface area contributed by atoms with Crippen molar-refractivity contribution >= 4 is 12.0 Å². The largest absolute Gasteiger partial charge is 0.481 e. The van der Waals surface area contributed by atoms with Crippen molar-refractivity contribution in [2.75, 3.05) is 19.6 Å². The van der Waals surface area contributed by atoms with Crippen molar-refractivity contribution in [3.05, 3.63) is 0 Å². The van der Waals surface area contributed by atoms with E-state index in [0.29, 0.717) is 18.9 Å². The monoisotopic (exact) mass is 254 g/mol. The second-order valence-corrected chi connectivity index (χ2v) is 5.50. The lowest BCUT2D eigenvalue weighted by atomic mass is 10.0. The first-order valence-corrected chi connectivity index (χ1v) is 6.89. The molecule has 0 aromatic carbocycles. The van der Waals surface area contributed by atoms with Gasteiger partial charge in [0.05, 0.1) is 0 Å². The molecule has 1 aliphatic carbocycles. The summed E-state index contributed by atoms with van der Waals surface area (Å²) in [5.41, 5.74) is 0. The van der Waals surface area contributed by atoms with Gasteiger partial charge in [-0.2, -0.15) is 0 Å². The van der Waals surface area contributed by atoms with Crippen molar-refractivity contribution in [1.82, 2.24) is 10.2 Å². The van der Waals surface area contributed by atoms with E-state index >= 15 is 0 Å². The van der Waals surface area contributed by atoms with Gasteiger partial charge >= 0.3 is 12.0 Å². The van der Waals surface area contributed by atoms with Crippen LogP contribution in [0.1, 0.15) is 38.5 Å². The maximum Gasteiger partial charge on any atom is 0.317 e. The van der Waals surface area contributed by atoms with Gasteiger partial charge in [-0.15, -0.1) is 0 Å². The fraction of sp³-hybridized carbons (Fsp3) is 0.846. The predicted octanol–water partition coefficient (Wildman–Crippen LogP) is 1.68. The van der Waals surface area contributed by atoms with E-state index < -0.39 is 5.97 Å². The van der Waals surface area contributed by atoms with E-state index in [4.69, 9.17) is 5.11 Å². The first kappa shape index (κ1) is 13.2. The Bertz CT molecular complexity index is 315. The van der Waals surface area contributed by atoms with Crippen LogP contribution in [-0.4, -0.2) is 41.6 Å². The van der Waals surface area contributed by atoms with Crippen molar-refractivity contribution in [2.24, 2.45) is 11.8 Å². The van der Waals surface area contributed by atoms with Gasteiger partial charge in [-0.3, -0.25) is 4.79 Å². The maximum absolute atomic E-state index is 11.8. The van der Waals surface area contributed by atoms with Gasteiger partial charge < -0.3 is 15.3 Å². The summed E-state index contributed by atoms with van der Waals surface area (Å²) in [6, 6.07) is 0.0217. The Kier molecular flexibility index (Phi) is 4.44. The standard InChI is InChI=1S/C13H22N2O3/c16-12(17)4-3-11-6-8-15(9-11)13(18)14-7-5-10-1-2-10/h10-11H,1-9H2,(H,14,18)(H,16,17). The SMILES string of the molecule is O=C(O)CCC1CCN(C(=O)NCCC2CC2)C1. The Balaban J connectivity index is 1.60. The molecule has 102 valence electrons. The molecule has 0 radical (unpaired) electrons. The molecule has 2 N–H and O–H groups in total. The molecule has 5 nitrogen and oxygen atoms in total. The molecule has 2 amide bonds. The fourth-order valence-corrected chi connectivity index (χ4v) is 2.48. The molecule has 0 bridgehead atoms. The summed E-state index contributed by atoms with van der Waals surface area (Å²) in [6.07, 6.45) is 5.56. The number of carbonyl (C=O) groups is 2. The first-order chi connectivity index (χ1) is 8.65. The molecule has 0 aromatic heterocycles. The van der Waals surface area contributed by atoms with Crippen molar-refractivity contribution in [1.29, 1.82) is 0 Å². The molecule has 1 unspecified atom stereocenters. The van der Waals surface area contributed by atoms with E-state index in [-0.39, 0.29) is 12.5 Å². The van der Waals surface area contributed by atoms with Crippen LogP contribution >= 0.6 is 0 Å². The minimum absolute atomic E-state index is 0.0217. The Morgan fingerprint density at radius 1 is 1.17 bits per heavy atom. The van der Waals surface area contributed by atoms with E-state index in [9.17, 15) is 9.59 Å². The molecule has 5 heteroatoms. The van der Waals surface area contributed by atoms with Crippen LogP contribution in [-0.2, 0) is 4.79 Å². The number of carbonyl (C=O) groups excluding carboxylic acids is 1. The van der Waals surface area contributed by atoms with Crippen LogP contribution in [0.25, 0.3) is 0 Å². The zero-order valence-electron chi connectivity index (χ0n) is 10.7.